The van der Waals surface area contributed by atoms with Gasteiger partial charge in [-0.05, 0) is 38.8 Å². The van der Waals surface area contributed by atoms with Crippen LogP contribution in [-0.2, 0) is 20.7 Å². The van der Waals surface area contributed by atoms with Crippen molar-refractivity contribution in [3.63, 3.8) is 0 Å². The molecule has 0 aliphatic heterocycles. The van der Waals surface area contributed by atoms with Gasteiger partial charge in [0.25, 0.3) is 0 Å². The number of carbonyl (C=O) groups excluding carboxylic acids is 2. The van der Waals surface area contributed by atoms with Crippen molar-refractivity contribution < 1.29 is 14.3 Å². The molecule has 1 unspecified atom stereocenters. The highest BCUT2D eigenvalue weighted by molar-refractivity contribution is 5.74. The molecule has 0 heterocycles. The van der Waals surface area contributed by atoms with Crippen molar-refractivity contribution in [1.82, 2.24) is 4.90 Å². The number of carbonyl (C=O) groups is 2. The summed E-state index contributed by atoms with van der Waals surface area (Å²) in [6.07, 6.45) is 0.635. The van der Waals surface area contributed by atoms with Crippen molar-refractivity contribution in [2.24, 2.45) is 0 Å². The van der Waals surface area contributed by atoms with Gasteiger partial charge in [0.2, 0.25) is 5.91 Å². The maximum absolute atomic E-state index is 12.1. The maximum Gasteiger partial charge on any atom is 0.310 e. The van der Waals surface area contributed by atoms with E-state index in [1.807, 2.05) is 52.0 Å². The first-order valence-electron chi connectivity index (χ1n) is 7.62. The topological polar surface area (TPSA) is 46.6 Å². The number of hydrogen-bond donors (Lipinski definition) is 0. The minimum Gasteiger partial charge on any atom is -0.462 e. The Morgan fingerprint density at radius 2 is 1.86 bits per heavy atom. The summed E-state index contributed by atoms with van der Waals surface area (Å²) in [6, 6.07) is 7.79. The molecule has 4 nitrogen and oxygen atoms in total. The molecule has 0 spiro atoms. The summed E-state index contributed by atoms with van der Waals surface area (Å²) < 4.78 is 5.50. The number of aryl methyl sites for hydroxylation is 1. The van der Waals surface area contributed by atoms with Crippen molar-refractivity contribution >= 4 is 11.9 Å². The van der Waals surface area contributed by atoms with Gasteiger partial charge in [0.15, 0.2) is 0 Å². The summed E-state index contributed by atoms with van der Waals surface area (Å²) in [4.78, 5) is 25.2. The Bertz CT molecular complexity index is 537. The fourth-order valence-electron chi connectivity index (χ4n) is 2.54. The van der Waals surface area contributed by atoms with Gasteiger partial charge in [-0.3, -0.25) is 9.59 Å². The molecule has 0 aromatic heterocycles. The van der Waals surface area contributed by atoms with E-state index in [-0.39, 0.29) is 29.9 Å². The second-order valence-electron chi connectivity index (χ2n) is 6.50. The van der Waals surface area contributed by atoms with Gasteiger partial charge in [0, 0.05) is 25.9 Å². The zero-order valence-electron chi connectivity index (χ0n) is 14.5. The summed E-state index contributed by atoms with van der Waals surface area (Å²) in [5.74, 6) is -0.230. The summed E-state index contributed by atoms with van der Waals surface area (Å²) in [5.41, 5.74) is 1.72. The number of hydrogen-bond acceptors (Lipinski definition) is 3. The molecular weight excluding hydrogens is 278 g/mol. The molecule has 4 heteroatoms. The smallest absolute Gasteiger partial charge is 0.310 e. The number of benzene rings is 1. The van der Waals surface area contributed by atoms with Crippen LogP contribution in [0.15, 0.2) is 24.3 Å². The second kappa shape index (κ2) is 7.43. The molecule has 1 rings (SSSR count). The van der Waals surface area contributed by atoms with E-state index in [0.29, 0.717) is 6.42 Å². The van der Waals surface area contributed by atoms with Crippen molar-refractivity contribution in [2.75, 3.05) is 7.05 Å². The summed E-state index contributed by atoms with van der Waals surface area (Å²) >= 11 is 0. The lowest BCUT2D eigenvalue weighted by Gasteiger charge is -2.36. The molecule has 0 radical (unpaired) electrons. The zero-order valence-corrected chi connectivity index (χ0v) is 14.5. The van der Waals surface area contributed by atoms with Crippen LogP contribution in [0.5, 0.6) is 0 Å². The highest BCUT2D eigenvalue weighted by Gasteiger charge is 2.29. The van der Waals surface area contributed by atoms with Crippen molar-refractivity contribution in [2.45, 2.75) is 59.1 Å². The Labute approximate surface area is 133 Å². The van der Waals surface area contributed by atoms with Gasteiger partial charge in [-0.15, -0.1) is 0 Å². The Morgan fingerprint density at radius 3 is 2.41 bits per heavy atom. The Morgan fingerprint density at radius 1 is 1.27 bits per heavy atom. The number of ether oxygens (including phenoxy) is 1. The predicted octanol–water partition coefficient (Wildman–Crippen LogP) is 3.12. The SMILES string of the molecule is CC(=O)N(C)C(C)(C)CC(C)OC(=O)Cc1ccccc1C. The monoisotopic (exact) mass is 305 g/mol. The van der Waals surface area contributed by atoms with E-state index >= 15 is 0 Å². The van der Waals surface area contributed by atoms with Gasteiger partial charge < -0.3 is 9.64 Å². The minimum absolute atomic E-state index is 0.00318. The fraction of sp³-hybridized carbons (Fsp3) is 0.556. The minimum atomic E-state index is -0.353. The average molecular weight is 305 g/mol. The van der Waals surface area contributed by atoms with Gasteiger partial charge in [-0.25, -0.2) is 0 Å². The molecule has 122 valence electrons. The zero-order chi connectivity index (χ0) is 16.9. The van der Waals surface area contributed by atoms with Crippen molar-refractivity contribution in [3.8, 4) is 0 Å². The van der Waals surface area contributed by atoms with Crippen LogP contribution in [0, 0.1) is 6.92 Å². The molecule has 1 aromatic rings. The van der Waals surface area contributed by atoms with Crippen LogP contribution in [0.25, 0.3) is 0 Å². The number of rotatable bonds is 6. The molecule has 0 bridgehead atoms. The average Bonchev–Trinajstić information content (AvgIpc) is 2.39. The number of nitrogens with zero attached hydrogens (tertiary/aromatic N) is 1. The fourth-order valence-corrected chi connectivity index (χ4v) is 2.54. The predicted molar refractivity (Wildman–Crippen MR) is 87.6 cm³/mol. The van der Waals surface area contributed by atoms with E-state index in [2.05, 4.69) is 0 Å². The molecule has 1 amide bonds. The van der Waals surface area contributed by atoms with Crippen LogP contribution in [0.4, 0.5) is 0 Å². The van der Waals surface area contributed by atoms with Gasteiger partial charge >= 0.3 is 5.97 Å². The molecular formula is C18H27NO3. The van der Waals surface area contributed by atoms with Crippen LogP contribution in [0.3, 0.4) is 0 Å². The van der Waals surface area contributed by atoms with Crippen LogP contribution in [-0.4, -0.2) is 35.5 Å². The van der Waals surface area contributed by atoms with Crippen LogP contribution < -0.4 is 0 Å². The first-order valence-corrected chi connectivity index (χ1v) is 7.62. The first kappa shape index (κ1) is 18.2. The van der Waals surface area contributed by atoms with Gasteiger partial charge in [-0.1, -0.05) is 24.3 Å². The van der Waals surface area contributed by atoms with Gasteiger partial charge in [0.1, 0.15) is 6.10 Å². The third kappa shape index (κ3) is 5.17. The molecule has 0 saturated heterocycles. The molecule has 0 aliphatic rings. The lowest BCUT2D eigenvalue weighted by atomic mass is 9.95. The second-order valence-corrected chi connectivity index (χ2v) is 6.50. The van der Waals surface area contributed by atoms with Crippen LogP contribution in [0.1, 0.15) is 45.2 Å². The van der Waals surface area contributed by atoms with Crippen LogP contribution in [0.2, 0.25) is 0 Å². The van der Waals surface area contributed by atoms with E-state index in [0.717, 1.165) is 11.1 Å². The van der Waals surface area contributed by atoms with Gasteiger partial charge in [0.05, 0.1) is 6.42 Å². The third-order valence-corrected chi connectivity index (χ3v) is 4.10. The third-order valence-electron chi connectivity index (χ3n) is 4.10. The molecule has 0 saturated carbocycles. The Hall–Kier alpha value is -1.84. The molecule has 0 aliphatic carbocycles. The molecule has 1 aromatic carbocycles. The standard InChI is InChI=1S/C18H27NO3/c1-13-9-7-8-10-16(13)11-17(21)22-14(2)12-18(4,5)19(6)15(3)20/h7-10,14H,11-12H2,1-6H3. The highest BCUT2D eigenvalue weighted by atomic mass is 16.5. The first-order chi connectivity index (χ1) is 10.1. The lowest BCUT2D eigenvalue weighted by Crippen LogP contribution is -2.46. The lowest BCUT2D eigenvalue weighted by molar-refractivity contribution is -0.149. The van der Waals surface area contributed by atoms with E-state index in [9.17, 15) is 9.59 Å². The quantitative estimate of drug-likeness (QED) is 0.759. The largest absolute Gasteiger partial charge is 0.462 e. The molecule has 22 heavy (non-hydrogen) atoms. The van der Waals surface area contributed by atoms with Crippen molar-refractivity contribution in [1.29, 1.82) is 0 Å². The molecule has 0 N–H and O–H groups in total. The van der Waals surface area contributed by atoms with E-state index in [1.54, 1.807) is 11.9 Å². The van der Waals surface area contributed by atoms with Gasteiger partial charge in [-0.2, -0.15) is 0 Å². The van der Waals surface area contributed by atoms with E-state index < -0.39 is 0 Å². The van der Waals surface area contributed by atoms with Crippen molar-refractivity contribution in [3.05, 3.63) is 35.4 Å². The maximum atomic E-state index is 12.1. The van der Waals surface area contributed by atoms with Crippen LogP contribution >= 0.6 is 0 Å². The molecule has 1 atom stereocenters. The molecule has 0 fully saturated rings. The number of amides is 1. The van der Waals surface area contributed by atoms with E-state index in [4.69, 9.17) is 4.74 Å². The normalized spacial score (nSPS) is 12.6. The van der Waals surface area contributed by atoms with E-state index in [1.165, 1.54) is 6.92 Å². The Kier molecular flexibility index (Phi) is 6.15. The summed E-state index contributed by atoms with van der Waals surface area (Å²) in [6.45, 7) is 9.33. The Balaban J connectivity index is 2.58. The summed E-state index contributed by atoms with van der Waals surface area (Å²) in [5, 5.41) is 0. The summed E-state index contributed by atoms with van der Waals surface area (Å²) in [7, 11) is 1.77. The highest BCUT2D eigenvalue weighted by Crippen LogP contribution is 2.21. The number of esters is 1.